The van der Waals surface area contributed by atoms with Crippen molar-refractivity contribution >= 4 is 22.7 Å². The van der Waals surface area contributed by atoms with Crippen LogP contribution < -0.4 is 10.6 Å². The maximum absolute atomic E-state index is 4.59. The third-order valence-electron chi connectivity index (χ3n) is 4.43. The van der Waals surface area contributed by atoms with Crippen LogP contribution in [-0.2, 0) is 0 Å². The van der Waals surface area contributed by atoms with Crippen molar-refractivity contribution in [2.24, 2.45) is 11.8 Å². The number of rotatable bonds is 4. The van der Waals surface area contributed by atoms with Gasteiger partial charge in [0.1, 0.15) is 5.82 Å². The van der Waals surface area contributed by atoms with Crippen LogP contribution in [0.4, 0.5) is 11.8 Å². The van der Waals surface area contributed by atoms with E-state index in [0.29, 0.717) is 5.95 Å². The zero-order valence-electron chi connectivity index (χ0n) is 12.9. The fourth-order valence-electron chi connectivity index (χ4n) is 3.31. The molecule has 2 atom stereocenters. The topological polar surface area (TPSA) is 49.8 Å². The van der Waals surface area contributed by atoms with Gasteiger partial charge in [-0.2, -0.15) is 4.98 Å². The number of anilines is 2. The number of aromatic nitrogens is 2. The molecule has 2 N–H and O–H groups in total. The summed E-state index contributed by atoms with van der Waals surface area (Å²) in [5, 5.41) is 7.70. The van der Waals surface area contributed by atoms with Crippen molar-refractivity contribution in [1.82, 2.24) is 9.97 Å². The Labute approximate surface area is 126 Å². The van der Waals surface area contributed by atoms with Gasteiger partial charge in [-0.15, -0.1) is 0 Å². The van der Waals surface area contributed by atoms with Gasteiger partial charge in [-0.3, -0.25) is 0 Å². The Kier molecular flexibility index (Phi) is 4.23. The predicted molar refractivity (Wildman–Crippen MR) is 88.7 cm³/mol. The summed E-state index contributed by atoms with van der Waals surface area (Å²) in [5.74, 6) is 3.25. The predicted octanol–water partition coefficient (Wildman–Crippen LogP) is 3.91. The zero-order valence-corrected chi connectivity index (χ0v) is 12.9. The van der Waals surface area contributed by atoms with Gasteiger partial charge in [-0.25, -0.2) is 4.98 Å². The summed E-state index contributed by atoms with van der Waals surface area (Å²) >= 11 is 0. The van der Waals surface area contributed by atoms with Crippen LogP contribution >= 0.6 is 0 Å². The molecule has 1 aliphatic rings. The van der Waals surface area contributed by atoms with Gasteiger partial charge < -0.3 is 10.6 Å². The Morgan fingerprint density at radius 3 is 2.86 bits per heavy atom. The van der Waals surface area contributed by atoms with E-state index < -0.39 is 0 Å². The second-order valence-electron chi connectivity index (χ2n) is 6.18. The number of nitrogens with one attached hydrogen (secondary N) is 2. The Bertz CT molecular complexity index is 611. The van der Waals surface area contributed by atoms with Crippen molar-refractivity contribution in [3.05, 3.63) is 24.3 Å². The van der Waals surface area contributed by atoms with Crippen LogP contribution in [0.2, 0.25) is 0 Å². The molecule has 112 valence electrons. The van der Waals surface area contributed by atoms with Crippen LogP contribution in [0.3, 0.4) is 0 Å². The van der Waals surface area contributed by atoms with E-state index in [-0.39, 0.29) is 0 Å². The molecule has 2 unspecified atom stereocenters. The van der Waals surface area contributed by atoms with Crippen molar-refractivity contribution in [2.45, 2.75) is 32.6 Å². The summed E-state index contributed by atoms with van der Waals surface area (Å²) in [6.07, 6.45) is 5.41. The number of fused-ring (bicyclic) bond motifs is 1. The molecule has 0 saturated heterocycles. The van der Waals surface area contributed by atoms with Gasteiger partial charge in [-0.05, 0) is 36.8 Å². The molecule has 0 bridgehead atoms. The molecular formula is C17H24N4. The first-order chi connectivity index (χ1) is 10.3. The molecule has 4 heteroatoms. The van der Waals surface area contributed by atoms with Crippen molar-refractivity contribution in [1.29, 1.82) is 0 Å². The SMILES string of the molecule is CNc1nc(NCC2CCCC(C)C2)c2ccccc2n1. The lowest BCUT2D eigenvalue weighted by Gasteiger charge is -2.27. The molecule has 2 aromatic rings. The molecule has 3 rings (SSSR count). The third kappa shape index (κ3) is 3.26. The van der Waals surface area contributed by atoms with Crippen molar-refractivity contribution in [3.8, 4) is 0 Å². The molecule has 1 saturated carbocycles. The molecule has 0 aliphatic heterocycles. The molecule has 0 radical (unpaired) electrons. The summed E-state index contributed by atoms with van der Waals surface area (Å²) in [7, 11) is 1.86. The Morgan fingerprint density at radius 1 is 1.19 bits per heavy atom. The maximum Gasteiger partial charge on any atom is 0.224 e. The van der Waals surface area contributed by atoms with Crippen LogP contribution in [-0.4, -0.2) is 23.6 Å². The lowest BCUT2D eigenvalue weighted by Crippen LogP contribution is -2.21. The van der Waals surface area contributed by atoms with Gasteiger partial charge in [0, 0.05) is 19.0 Å². The summed E-state index contributed by atoms with van der Waals surface area (Å²) in [6.45, 7) is 3.37. The highest BCUT2D eigenvalue weighted by molar-refractivity contribution is 5.89. The van der Waals surface area contributed by atoms with Gasteiger partial charge in [0.25, 0.3) is 0 Å². The second-order valence-corrected chi connectivity index (χ2v) is 6.18. The number of benzene rings is 1. The van der Waals surface area contributed by atoms with Crippen LogP contribution in [0.1, 0.15) is 32.6 Å². The first kappa shape index (κ1) is 14.1. The van der Waals surface area contributed by atoms with E-state index in [1.165, 1.54) is 25.7 Å². The largest absolute Gasteiger partial charge is 0.369 e. The zero-order chi connectivity index (χ0) is 14.7. The molecule has 1 fully saturated rings. The Morgan fingerprint density at radius 2 is 2.05 bits per heavy atom. The molecule has 1 aromatic carbocycles. The minimum Gasteiger partial charge on any atom is -0.369 e. The number of hydrogen-bond acceptors (Lipinski definition) is 4. The highest BCUT2D eigenvalue weighted by Crippen LogP contribution is 2.29. The standard InChI is InChI=1S/C17H24N4/c1-12-6-5-7-13(10-12)11-19-16-14-8-3-4-9-15(14)20-17(18-2)21-16/h3-4,8-9,12-13H,5-7,10-11H2,1-2H3,(H2,18,19,20,21). The average molecular weight is 284 g/mol. The van der Waals surface area contributed by atoms with Crippen LogP contribution in [0.25, 0.3) is 10.9 Å². The van der Waals surface area contributed by atoms with Crippen molar-refractivity contribution in [3.63, 3.8) is 0 Å². The number of hydrogen-bond donors (Lipinski definition) is 2. The van der Waals surface area contributed by atoms with Crippen molar-refractivity contribution < 1.29 is 0 Å². The van der Waals surface area contributed by atoms with Gasteiger partial charge >= 0.3 is 0 Å². The monoisotopic (exact) mass is 284 g/mol. The highest BCUT2D eigenvalue weighted by Gasteiger charge is 2.19. The fourth-order valence-corrected chi connectivity index (χ4v) is 3.31. The van der Waals surface area contributed by atoms with Gasteiger partial charge in [-0.1, -0.05) is 31.9 Å². The number of nitrogens with zero attached hydrogens (tertiary/aromatic N) is 2. The quantitative estimate of drug-likeness (QED) is 0.893. The molecule has 1 aromatic heterocycles. The molecular weight excluding hydrogens is 260 g/mol. The van der Waals surface area contributed by atoms with E-state index in [9.17, 15) is 0 Å². The molecule has 1 aliphatic carbocycles. The first-order valence-corrected chi connectivity index (χ1v) is 7.94. The lowest BCUT2D eigenvalue weighted by molar-refractivity contribution is 0.293. The Hall–Kier alpha value is -1.84. The molecule has 1 heterocycles. The fraction of sp³-hybridized carbons (Fsp3) is 0.529. The van der Waals surface area contributed by atoms with Gasteiger partial charge in [0.2, 0.25) is 5.95 Å². The minimum absolute atomic E-state index is 0.674. The number of para-hydroxylation sites is 1. The maximum atomic E-state index is 4.59. The smallest absolute Gasteiger partial charge is 0.224 e. The second kappa shape index (κ2) is 6.29. The summed E-state index contributed by atoms with van der Waals surface area (Å²) in [5.41, 5.74) is 0.983. The summed E-state index contributed by atoms with van der Waals surface area (Å²) < 4.78 is 0. The van der Waals surface area contributed by atoms with E-state index in [2.05, 4.69) is 33.6 Å². The minimum atomic E-state index is 0.674. The van der Waals surface area contributed by atoms with Crippen LogP contribution in [0, 0.1) is 11.8 Å². The van der Waals surface area contributed by atoms with E-state index in [4.69, 9.17) is 0 Å². The summed E-state index contributed by atoms with van der Waals surface area (Å²) in [6, 6.07) is 8.17. The van der Waals surface area contributed by atoms with E-state index in [1.807, 2.05) is 25.2 Å². The molecule has 0 amide bonds. The molecule has 4 nitrogen and oxygen atoms in total. The van der Waals surface area contributed by atoms with E-state index in [1.54, 1.807) is 0 Å². The van der Waals surface area contributed by atoms with E-state index in [0.717, 1.165) is 35.1 Å². The molecule has 0 spiro atoms. The average Bonchev–Trinajstić information content (AvgIpc) is 2.52. The molecule has 21 heavy (non-hydrogen) atoms. The van der Waals surface area contributed by atoms with Gasteiger partial charge in [0.05, 0.1) is 5.52 Å². The van der Waals surface area contributed by atoms with Gasteiger partial charge in [0.15, 0.2) is 0 Å². The van der Waals surface area contributed by atoms with Crippen molar-refractivity contribution in [2.75, 3.05) is 24.2 Å². The normalized spacial score (nSPS) is 22.2. The van der Waals surface area contributed by atoms with E-state index >= 15 is 0 Å². The van der Waals surface area contributed by atoms with Crippen LogP contribution in [0.5, 0.6) is 0 Å². The lowest BCUT2D eigenvalue weighted by atomic mass is 9.82. The highest BCUT2D eigenvalue weighted by atomic mass is 15.1. The first-order valence-electron chi connectivity index (χ1n) is 7.94. The van der Waals surface area contributed by atoms with Crippen LogP contribution in [0.15, 0.2) is 24.3 Å². The summed E-state index contributed by atoms with van der Waals surface area (Å²) in [4.78, 5) is 9.09. The third-order valence-corrected chi connectivity index (χ3v) is 4.43. The Balaban J connectivity index is 1.79.